The van der Waals surface area contributed by atoms with Gasteiger partial charge in [-0.05, 0) is 18.6 Å². The van der Waals surface area contributed by atoms with E-state index in [4.69, 9.17) is 0 Å². The fourth-order valence-electron chi connectivity index (χ4n) is 1.53. The molecule has 0 aromatic carbocycles. The van der Waals surface area contributed by atoms with E-state index in [1.165, 1.54) is 0 Å². The number of pyridine rings is 1. The second-order valence-corrected chi connectivity index (χ2v) is 3.09. The standard InChI is InChI=1S/C11H12N4/c1-3-8(6-12-2)9-4-5-13-11-10(9)14-7-15-11/h3-7H,1-2H3,(H,13,14,15)/b8-3+,12-6?. The van der Waals surface area contributed by atoms with E-state index >= 15 is 0 Å². The lowest BCUT2D eigenvalue weighted by Crippen LogP contribution is -1.89. The molecule has 76 valence electrons. The van der Waals surface area contributed by atoms with Crippen molar-refractivity contribution in [3.8, 4) is 0 Å². The number of aliphatic imine (C=N–C) groups is 1. The first-order chi connectivity index (χ1) is 7.36. The second-order valence-electron chi connectivity index (χ2n) is 3.09. The highest BCUT2D eigenvalue weighted by atomic mass is 14.9. The van der Waals surface area contributed by atoms with E-state index in [9.17, 15) is 0 Å². The fraction of sp³-hybridized carbons (Fsp3) is 0.182. The van der Waals surface area contributed by atoms with Crippen LogP contribution < -0.4 is 0 Å². The molecule has 4 heteroatoms. The lowest BCUT2D eigenvalue weighted by Gasteiger charge is -2.01. The van der Waals surface area contributed by atoms with Gasteiger partial charge >= 0.3 is 0 Å². The monoisotopic (exact) mass is 200 g/mol. The molecule has 1 N–H and O–H groups in total. The van der Waals surface area contributed by atoms with Crippen molar-refractivity contribution in [2.45, 2.75) is 6.92 Å². The summed E-state index contributed by atoms with van der Waals surface area (Å²) in [7, 11) is 1.76. The van der Waals surface area contributed by atoms with E-state index in [0.717, 1.165) is 22.3 Å². The Bertz CT molecular complexity index is 522. The third-order valence-corrected chi connectivity index (χ3v) is 2.22. The highest BCUT2D eigenvalue weighted by Gasteiger charge is 2.06. The van der Waals surface area contributed by atoms with E-state index in [0.29, 0.717) is 0 Å². The van der Waals surface area contributed by atoms with Crippen molar-refractivity contribution in [1.82, 2.24) is 15.0 Å². The van der Waals surface area contributed by atoms with Crippen LogP contribution in [0.1, 0.15) is 12.5 Å². The maximum atomic E-state index is 4.16. The van der Waals surface area contributed by atoms with Gasteiger partial charge < -0.3 is 4.98 Å². The van der Waals surface area contributed by atoms with Crippen molar-refractivity contribution in [3.05, 3.63) is 30.2 Å². The number of fused-ring (bicyclic) bond motifs is 1. The minimum atomic E-state index is 0.733. The SMILES string of the molecule is C/C=C(\C=NC)c1ccnc2nc[nH]c12. The van der Waals surface area contributed by atoms with Crippen LogP contribution in [-0.2, 0) is 0 Å². The lowest BCUT2D eigenvalue weighted by molar-refractivity contribution is 1.30. The van der Waals surface area contributed by atoms with Gasteiger partial charge in [0, 0.05) is 25.0 Å². The second kappa shape index (κ2) is 4.04. The molecule has 0 aliphatic heterocycles. The molecule has 0 atom stereocenters. The molecule has 2 aromatic heterocycles. The Kier molecular flexibility index (Phi) is 2.58. The molecule has 0 fully saturated rings. The topological polar surface area (TPSA) is 53.9 Å². The first-order valence-electron chi connectivity index (χ1n) is 4.73. The number of aromatic amines is 1. The Balaban J connectivity index is 2.64. The zero-order chi connectivity index (χ0) is 10.7. The van der Waals surface area contributed by atoms with Crippen LogP contribution in [0.25, 0.3) is 16.7 Å². The van der Waals surface area contributed by atoms with E-state index < -0.39 is 0 Å². The smallest absolute Gasteiger partial charge is 0.178 e. The number of aromatic nitrogens is 3. The van der Waals surface area contributed by atoms with Crippen LogP contribution in [0.15, 0.2) is 29.7 Å². The molecule has 2 aromatic rings. The molecule has 0 bridgehead atoms. The molecule has 0 saturated carbocycles. The van der Waals surface area contributed by atoms with Crippen molar-refractivity contribution >= 4 is 23.0 Å². The summed E-state index contributed by atoms with van der Waals surface area (Å²) in [6.07, 6.45) is 7.25. The highest BCUT2D eigenvalue weighted by Crippen LogP contribution is 2.19. The van der Waals surface area contributed by atoms with Crippen LogP contribution in [0.3, 0.4) is 0 Å². The molecule has 0 aliphatic rings. The molecule has 0 radical (unpaired) electrons. The van der Waals surface area contributed by atoms with Crippen molar-refractivity contribution in [1.29, 1.82) is 0 Å². The molecule has 2 heterocycles. The third kappa shape index (κ3) is 1.66. The third-order valence-electron chi connectivity index (χ3n) is 2.22. The van der Waals surface area contributed by atoms with E-state index in [1.807, 2.05) is 25.3 Å². The Morgan fingerprint density at radius 1 is 1.47 bits per heavy atom. The number of nitrogens with zero attached hydrogens (tertiary/aromatic N) is 3. The molecule has 15 heavy (non-hydrogen) atoms. The summed E-state index contributed by atoms with van der Waals surface area (Å²) >= 11 is 0. The largest absolute Gasteiger partial charge is 0.343 e. The maximum absolute atomic E-state index is 4.16. The van der Waals surface area contributed by atoms with E-state index in [1.54, 1.807) is 19.6 Å². The first kappa shape index (κ1) is 9.58. The summed E-state index contributed by atoms with van der Waals surface area (Å²) in [5.74, 6) is 0. The van der Waals surface area contributed by atoms with E-state index in [2.05, 4.69) is 19.9 Å². The fourth-order valence-corrected chi connectivity index (χ4v) is 1.53. The zero-order valence-corrected chi connectivity index (χ0v) is 8.73. The number of imidazole rings is 1. The van der Waals surface area contributed by atoms with Gasteiger partial charge in [0.25, 0.3) is 0 Å². The van der Waals surface area contributed by atoms with Gasteiger partial charge in [-0.25, -0.2) is 9.97 Å². The van der Waals surface area contributed by atoms with Gasteiger partial charge in [0.2, 0.25) is 0 Å². The molecule has 0 saturated heterocycles. The molecule has 0 unspecified atom stereocenters. The minimum absolute atomic E-state index is 0.733. The molecular weight excluding hydrogens is 188 g/mol. The number of hydrogen-bond acceptors (Lipinski definition) is 3. The Hall–Kier alpha value is -1.97. The van der Waals surface area contributed by atoms with Gasteiger partial charge in [0.05, 0.1) is 11.8 Å². The number of rotatable bonds is 2. The van der Waals surface area contributed by atoms with Crippen LogP contribution in [0.2, 0.25) is 0 Å². The lowest BCUT2D eigenvalue weighted by atomic mass is 10.1. The average molecular weight is 200 g/mol. The summed E-state index contributed by atoms with van der Waals surface area (Å²) in [6, 6.07) is 1.96. The summed E-state index contributed by atoms with van der Waals surface area (Å²) in [4.78, 5) is 15.4. The number of allylic oxidation sites excluding steroid dienone is 2. The highest BCUT2D eigenvalue weighted by molar-refractivity contribution is 6.13. The molecule has 0 amide bonds. The van der Waals surface area contributed by atoms with Gasteiger partial charge in [-0.3, -0.25) is 4.99 Å². The normalized spacial score (nSPS) is 12.8. The number of nitrogens with one attached hydrogen (secondary N) is 1. The zero-order valence-electron chi connectivity index (χ0n) is 8.73. The van der Waals surface area contributed by atoms with Gasteiger partial charge in [0.1, 0.15) is 0 Å². The molecule has 0 spiro atoms. The van der Waals surface area contributed by atoms with Crippen LogP contribution in [0.5, 0.6) is 0 Å². The van der Waals surface area contributed by atoms with Gasteiger partial charge in [0.15, 0.2) is 5.65 Å². The molecule has 0 aliphatic carbocycles. The van der Waals surface area contributed by atoms with Crippen molar-refractivity contribution in [2.24, 2.45) is 4.99 Å². The van der Waals surface area contributed by atoms with Crippen molar-refractivity contribution in [2.75, 3.05) is 7.05 Å². The quantitative estimate of drug-likeness (QED) is 0.754. The van der Waals surface area contributed by atoms with Crippen LogP contribution in [0, 0.1) is 0 Å². The maximum Gasteiger partial charge on any atom is 0.178 e. The molecule has 2 rings (SSSR count). The Labute approximate surface area is 87.8 Å². The summed E-state index contributed by atoms with van der Waals surface area (Å²) in [5, 5.41) is 0. The number of H-pyrrole nitrogens is 1. The average Bonchev–Trinajstić information content (AvgIpc) is 2.73. The predicted octanol–water partition coefficient (Wildman–Crippen LogP) is 2.06. The summed E-state index contributed by atoms with van der Waals surface area (Å²) in [6.45, 7) is 1.99. The van der Waals surface area contributed by atoms with Crippen LogP contribution in [-0.4, -0.2) is 28.2 Å². The minimum Gasteiger partial charge on any atom is -0.343 e. The Morgan fingerprint density at radius 3 is 3.07 bits per heavy atom. The van der Waals surface area contributed by atoms with Gasteiger partial charge in [-0.15, -0.1) is 0 Å². The van der Waals surface area contributed by atoms with E-state index in [-0.39, 0.29) is 0 Å². The van der Waals surface area contributed by atoms with Gasteiger partial charge in [-0.2, -0.15) is 0 Å². The first-order valence-corrected chi connectivity index (χ1v) is 4.73. The molecular formula is C11H12N4. The van der Waals surface area contributed by atoms with Crippen molar-refractivity contribution < 1.29 is 0 Å². The summed E-state index contributed by atoms with van der Waals surface area (Å²) < 4.78 is 0. The van der Waals surface area contributed by atoms with Crippen molar-refractivity contribution in [3.63, 3.8) is 0 Å². The predicted molar refractivity (Wildman–Crippen MR) is 62.0 cm³/mol. The summed E-state index contributed by atoms with van der Waals surface area (Å²) in [5.41, 5.74) is 3.82. The molecule has 4 nitrogen and oxygen atoms in total. The van der Waals surface area contributed by atoms with Gasteiger partial charge in [-0.1, -0.05) is 6.08 Å². The Morgan fingerprint density at radius 2 is 2.33 bits per heavy atom. The number of hydrogen-bond donors (Lipinski definition) is 1. The van der Waals surface area contributed by atoms with Crippen LogP contribution in [0.4, 0.5) is 0 Å². The van der Waals surface area contributed by atoms with Crippen LogP contribution >= 0.6 is 0 Å².